The number of halogens is 1. The predicted octanol–water partition coefficient (Wildman–Crippen LogP) is 3.91. The van der Waals surface area contributed by atoms with Gasteiger partial charge in [-0.05, 0) is 31.2 Å². The zero-order chi connectivity index (χ0) is 15.0. The van der Waals surface area contributed by atoms with Crippen molar-refractivity contribution in [1.29, 1.82) is 0 Å². The lowest BCUT2D eigenvalue weighted by Gasteiger charge is -2.06. The van der Waals surface area contributed by atoms with Crippen LogP contribution in [0.2, 0.25) is 0 Å². The number of anilines is 1. The van der Waals surface area contributed by atoms with E-state index in [0.717, 1.165) is 28.4 Å². The third-order valence-electron chi connectivity index (χ3n) is 3.51. The van der Waals surface area contributed by atoms with Crippen LogP contribution in [0.4, 0.5) is 5.69 Å². The third-order valence-corrected chi connectivity index (χ3v) is 6.15. The van der Waals surface area contributed by atoms with Crippen LogP contribution < -0.4 is 4.72 Å². The summed E-state index contributed by atoms with van der Waals surface area (Å²) in [7, 11) is -3.33. The molecule has 3 rings (SSSR count). The minimum Gasteiger partial charge on any atom is -0.341 e. The van der Waals surface area contributed by atoms with Crippen molar-refractivity contribution < 1.29 is 8.42 Å². The van der Waals surface area contributed by atoms with E-state index in [1.54, 1.807) is 6.07 Å². The predicted molar refractivity (Wildman–Crippen MR) is 91.5 cm³/mol. The summed E-state index contributed by atoms with van der Waals surface area (Å²) in [4.78, 5) is 0. The number of aromatic nitrogens is 1. The van der Waals surface area contributed by atoms with E-state index in [2.05, 4.69) is 44.3 Å². The number of para-hydroxylation sites is 1. The van der Waals surface area contributed by atoms with Crippen LogP contribution in [0.1, 0.15) is 6.92 Å². The Bertz CT molecular complexity index is 916. The van der Waals surface area contributed by atoms with Crippen LogP contribution in [0.25, 0.3) is 21.8 Å². The summed E-state index contributed by atoms with van der Waals surface area (Å²) in [5, 5.41) is 2.19. The molecule has 0 saturated carbocycles. The van der Waals surface area contributed by atoms with Gasteiger partial charge in [0, 0.05) is 34.0 Å². The molecule has 0 fully saturated rings. The minimum atomic E-state index is -3.33. The van der Waals surface area contributed by atoms with E-state index in [9.17, 15) is 8.42 Å². The highest BCUT2D eigenvalue weighted by atomic mass is 79.9. The van der Waals surface area contributed by atoms with Crippen molar-refractivity contribution in [1.82, 2.24) is 4.57 Å². The average molecular weight is 367 g/mol. The Morgan fingerprint density at radius 1 is 1.10 bits per heavy atom. The molecule has 3 aromatic rings. The molecule has 4 nitrogen and oxygen atoms in total. The monoisotopic (exact) mass is 366 g/mol. The maximum atomic E-state index is 11.7. The quantitative estimate of drug-likeness (QED) is 0.711. The maximum Gasteiger partial charge on any atom is 0.242 e. The van der Waals surface area contributed by atoms with Gasteiger partial charge in [0.15, 0.2) is 0 Å². The fourth-order valence-electron chi connectivity index (χ4n) is 2.66. The van der Waals surface area contributed by atoms with Crippen molar-refractivity contribution in [2.24, 2.45) is 0 Å². The lowest BCUT2D eigenvalue weighted by Crippen LogP contribution is -2.12. The van der Waals surface area contributed by atoms with E-state index in [0.29, 0.717) is 5.69 Å². The molecule has 0 atom stereocenters. The Balaban J connectivity index is 2.24. The second-order valence-electron chi connectivity index (χ2n) is 4.82. The van der Waals surface area contributed by atoms with Gasteiger partial charge >= 0.3 is 0 Å². The van der Waals surface area contributed by atoms with Crippen molar-refractivity contribution in [3.63, 3.8) is 0 Å². The van der Waals surface area contributed by atoms with Crippen molar-refractivity contribution >= 4 is 53.4 Å². The third kappa shape index (κ3) is 2.53. The molecular weight excluding hydrogens is 352 g/mol. The van der Waals surface area contributed by atoms with Gasteiger partial charge in [0.25, 0.3) is 0 Å². The Labute approximate surface area is 131 Å². The van der Waals surface area contributed by atoms with Crippen LogP contribution >= 0.6 is 15.9 Å². The SMILES string of the molecule is CCn1c2ccccc2c2cc(NS(=O)(=O)CBr)ccc21. The number of aryl methyl sites for hydroxylation is 1. The summed E-state index contributed by atoms with van der Waals surface area (Å²) in [5.74, 6) is 0. The van der Waals surface area contributed by atoms with Gasteiger partial charge < -0.3 is 4.57 Å². The number of benzene rings is 2. The van der Waals surface area contributed by atoms with Crippen LogP contribution in [0.5, 0.6) is 0 Å². The van der Waals surface area contributed by atoms with Gasteiger partial charge in [0.2, 0.25) is 10.0 Å². The van der Waals surface area contributed by atoms with Gasteiger partial charge in [0.1, 0.15) is 4.66 Å². The lowest BCUT2D eigenvalue weighted by molar-refractivity contribution is 0.606. The van der Waals surface area contributed by atoms with Crippen molar-refractivity contribution in [2.45, 2.75) is 13.5 Å². The lowest BCUT2D eigenvalue weighted by atomic mass is 10.1. The highest BCUT2D eigenvalue weighted by Gasteiger charge is 2.12. The molecule has 0 radical (unpaired) electrons. The standard InChI is InChI=1S/C15H15BrN2O2S/c1-2-18-14-6-4-3-5-12(14)13-9-11(7-8-15(13)18)17-21(19,20)10-16/h3-9,17H,2,10H2,1H3. The first-order chi connectivity index (χ1) is 10.1. The van der Waals surface area contributed by atoms with Gasteiger partial charge in [-0.2, -0.15) is 0 Å². The topological polar surface area (TPSA) is 51.1 Å². The number of hydrogen-bond acceptors (Lipinski definition) is 2. The van der Waals surface area contributed by atoms with E-state index >= 15 is 0 Å². The number of nitrogens with one attached hydrogen (secondary N) is 1. The second-order valence-corrected chi connectivity index (χ2v) is 7.84. The number of rotatable bonds is 4. The number of fused-ring (bicyclic) bond motifs is 3. The van der Waals surface area contributed by atoms with Crippen LogP contribution in [0.15, 0.2) is 42.5 Å². The van der Waals surface area contributed by atoms with E-state index in [1.807, 2.05) is 24.3 Å². The molecule has 2 aromatic carbocycles. The van der Waals surface area contributed by atoms with Crippen LogP contribution in [0.3, 0.4) is 0 Å². The number of nitrogens with zero attached hydrogens (tertiary/aromatic N) is 1. The summed E-state index contributed by atoms with van der Waals surface area (Å²) in [6.07, 6.45) is 0. The molecule has 6 heteroatoms. The van der Waals surface area contributed by atoms with E-state index in [1.165, 1.54) is 0 Å². The molecule has 0 amide bonds. The summed E-state index contributed by atoms with van der Waals surface area (Å²) < 4.78 is 28.0. The molecule has 0 aliphatic rings. The van der Waals surface area contributed by atoms with Gasteiger partial charge in [-0.1, -0.05) is 34.1 Å². The molecule has 1 heterocycles. The number of sulfonamides is 1. The average Bonchev–Trinajstić information content (AvgIpc) is 2.80. The fourth-order valence-corrected chi connectivity index (χ4v) is 3.55. The number of hydrogen-bond donors (Lipinski definition) is 1. The Kier molecular flexibility index (Phi) is 3.67. The molecule has 0 spiro atoms. The van der Waals surface area contributed by atoms with Gasteiger partial charge in [0.05, 0.1) is 0 Å². The number of alkyl halides is 1. The molecule has 1 N–H and O–H groups in total. The second kappa shape index (κ2) is 5.35. The summed E-state index contributed by atoms with van der Waals surface area (Å²) in [6, 6.07) is 13.8. The highest BCUT2D eigenvalue weighted by molar-refractivity contribution is 9.10. The smallest absolute Gasteiger partial charge is 0.242 e. The van der Waals surface area contributed by atoms with E-state index in [4.69, 9.17) is 0 Å². The van der Waals surface area contributed by atoms with Crippen LogP contribution in [0, 0.1) is 0 Å². The molecule has 0 bridgehead atoms. The van der Waals surface area contributed by atoms with Crippen LogP contribution in [-0.4, -0.2) is 17.6 Å². The molecule has 1 aromatic heterocycles. The first kappa shape index (κ1) is 14.4. The molecule has 0 aliphatic heterocycles. The molecular formula is C15H15BrN2O2S. The van der Waals surface area contributed by atoms with Gasteiger partial charge in [-0.15, -0.1) is 0 Å². The Hall–Kier alpha value is -1.53. The summed E-state index contributed by atoms with van der Waals surface area (Å²) in [5.41, 5.74) is 2.86. The molecule has 0 unspecified atom stereocenters. The molecule has 110 valence electrons. The first-order valence-electron chi connectivity index (χ1n) is 6.63. The van der Waals surface area contributed by atoms with Crippen molar-refractivity contribution in [3.8, 4) is 0 Å². The molecule has 21 heavy (non-hydrogen) atoms. The van der Waals surface area contributed by atoms with Crippen molar-refractivity contribution in [3.05, 3.63) is 42.5 Å². The summed E-state index contributed by atoms with van der Waals surface area (Å²) >= 11 is 2.98. The zero-order valence-electron chi connectivity index (χ0n) is 11.5. The van der Waals surface area contributed by atoms with Crippen molar-refractivity contribution in [2.75, 3.05) is 9.38 Å². The Morgan fingerprint density at radius 3 is 2.52 bits per heavy atom. The Morgan fingerprint density at radius 2 is 1.81 bits per heavy atom. The zero-order valence-corrected chi connectivity index (χ0v) is 13.9. The first-order valence-corrected chi connectivity index (χ1v) is 9.40. The van der Waals surface area contributed by atoms with Crippen LogP contribution in [-0.2, 0) is 16.6 Å². The van der Waals surface area contributed by atoms with Gasteiger partial charge in [-0.25, -0.2) is 8.42 Å². The van der Waals surface area contributed by atoms with E-state index < -0.39 is 10.0 Å². The largest absolute Gasteiger partial charge is 0.341 e. The molecule has 0 aliphatic carbocycles. The van der Waals surface area contributed by atoms with E-state index in [-0.39, 0.29) is 4.66 Å². The summed E-state index contributed by atoms with van der Waals surface area (Å²) in [6.45, 7) is 2.98. The normalized spacial score (nSPS) is 12.1. The maximum absolute atomic E-state index is 11.7. The fraction of sp³-hybridized carbons (Fsp3) is 0.200. The minimum absolute atomic E-state index is 0.116. The highest BCUT2D eigenvalue weighted by Crippen LogP contribution is 2.31. The molecule has 0 saturated heterocycles. The van der Waals surface area contributed by atoms with Gasteiger partial charge in [-0.3, -0.25) is 4.72 Å².